The number of aromatic nitrogens is 1. The van der Waals surface area contributed by atoms with Gasteiger partial charge in [-0.05, 0) is 18.6 Å². The summed E-state index contributed by atoms with van der Waals surface area (Å²) in [5.74, 6) is -0.144. The van der Waals surface area contributed by atoms with Gasteiger partial charge in [0.1, 0.15) is 6.61 Å². The first kappa shape index (κ1) is 14.6. The van der Waals surface area contributed by atoms with Crippen molar-refractivity contribution < 1.29 is 19.0 Å². The molecule has 0 aliphatic rings. The number of nitrogens with zero attached hydrogens (tertiary/aromatic N) is 1. The number of aryl methyl sites for hydroxylation is 1. The van der Waals surface area contributed by atoms with Crippen LogP contribution in [0.4, 0.5) is 4.39 Å². The highest BCUT2D eigenvalue weighted by molar-refractivity contribution is 5.32. The van der Waals surface area contributed by atoms with Crippen molar-refractivity contribution in [3.63, 3.8) is 0 Å². The zero-order valence-electron chi connectivity index (χ0n) is 10.4. The van der Waals surface area contributed by atoms with Crippen LogP contribution in [0.3, 0.4) is 0 Å². The Morgan fingerprint density at radius 2 is 1.95 bits per heavy atom. The molecule has 0 unspecified atom stereocenters. The number of ether oxygens (including phenoxy) is 1. The summed E-state index contributed by atoms with van der Waals surface area (Å²) in [6.45, 7) is 1.83. The molecule has 1 N–H and O–H groups in total. The van der Waals surface area contributed by atoms with Crippen molar-refractivity contribution in [1.29, 1.82) is 0 Å². The molecule has 0 bridgehead atoms. The average Bonchev–Trinajstić information content (AvgIpc) is 2.40. The molecular formula is C14H14FNO3. The van der Waals surface area contributed by atoms with Crippen LogP contribution in [0.2, 0.25) is 0 Å². The number of pyridine rings is 1. The fraction of sp³-hybridized carbons (Fsp3) is 0.143. The third-order valence-electron chi connectivity index (χ3n) is 2.26. The molecule has 0 amide bonds. The first-order chi connectivity index (χ1) is 9.19. The zero-order chi connectivity index (χ0) is 14.1. The van der Waals surface area contributed by atoms with E-state index in [2.05, 4.69) is 4.98 Å². The number of rotatable bonds is 3. The molecule has 2 aromatic rings. The van der Waals surface area contributed by atoms with Gasteiger partial charge in [0.2, 0.25) is 0 Å². The fourth-order valence-electron chi connectivity index (χ4n) is 1.42. The Kier molecular flexibility index (Phi) is 6.02. The summed E-state index contributed by atoms with van der Waals surface area (Å²) in [5.41, 5.74) is 1.57. The van der Waals surface area contributed by atoms with Crippen LogP contribution in [0, 0.1) is 12.7 Å². The summed E-state index contributed by atoms with van der Waals surface area (Å²) in [6.07, 6.45) is 1.43. The molecule has 0 spiro atoms. The van der Waals surface area contributed by atoms with Gasteiger partial charge in [0.15, 0.2) is 11.6 Å². The normalized spacial score (nSPS) is 9.16. The van der Waals surface area contributed by atoms with Crippen LogP contribution in [0.5, 0.6) is 5.75 Å². The van der Waals surface area contributed by atoms with Gasteiger partial charge >= 0.3 is 0 Å². The van der Waals surface area contributed by atoms with Gasteiger partial charge in [-0.15, -0.1) is 0 Å². The van der Waals surface area contributed by atoms with Crippen LogP contribution in [0.25, 0.3) is 0 Å². The number of hydrogen-bond donors (Lipinski definition) is 1. The number of hydrogen-bond acceptors (Lipinski definition) is 3. The Hall–Kier alpha value is -2.43. The van der Waals surface area contributed by atoms with E-state index in [1.807, 2.05) is 30.3 Å². The maximum absolute atomic E-state index is 13.4. The minimum absolute atomic E-state index is 0.228. The van der Waals surface area contributed by atoms with Crippen LogP contribution in [-0.4, -0.2) is 16.6 Å². The molecule has 0 aliphatic heterocycles. The van der Waals surface area contributed by atoms with Crippen molar-refractivity contribution in [3.8, 4) is 5.75 Å². The zero-order valence-corrected chi connectivity index (χ0v) is 10.4. The first-order valence-corrected chi connectivity index (χ1v) is 5.54. The summed E-state index contributed by atoms with van der Waals surface area (Å²) < 4.78 is 18.8. The highest BCUT2D eigenvalue weighted by Gasteiger charge is 2.07. The van der Waals surface area contributed by atoms with E-state index < -0.39 is 0 Å². The van der Waals surface area contributed by atoms with E-state index in [0.29, 0.717) is 12.3 Å². The monoisotopic (exact) mass is 263 g/mol. The van der Waals surface area contributed by atoms with Crippen LogP contribution in [0.1, 0.15) is 11.3 Å². The van der Waals surface area contributed by atoms with Gasteiger partial charge in [0, 0.05) is 6.20 Å². The van der Waals surface area contributed by atoms with Crippen molar-refractivity contribution in [2.24, 2.45) is 0 Å². The SMILES string of the molecule is Cc1nccc(F)c1OCc1ccccc1.O=CO. The Morgan fingerprint density at radius 3 is 2.53 bits per heavy atom. The molecule has 0 atom stereocenters. The van der Waals surface area contributed by atoms with E-state index in [1.54, 1.807) is 6.92 Å². The smallest absolute Gasteiger partial charge is 0.290 e. The summed E-state index contributed by atoms with van der Waals surface area (Å²) in [6, 6.07) is 10.9. The molecule has 4 nitrogen and oxygen atoms in total. The second kappa shape index (κ2) is 7.81. The Bertz CT molecular complexity index is 497. The lowest BCUT2D eigenvalue weighted by atomic mass is 10.2. The molecule has 0 aliphatic carbocycles. The summed E-state index contributed by atoms with van der Waals surface area (Å²) >= 11 is 0. The molecule has 1 heterocycles. The second-order valence-corrected chi connectivity index (χ2v) is 3.59. The molecule has 0 radical (unpaired) electrons. The predicted molar refractivity (Wildman–Crippen MR) is 68.4 cm³/mol. The van der Waals surface area contributed by atoms with E-state index in [1.165, 1.54) is 12.3 Å². The van der Waals surface area contributed by atoms with E-state index in [4.69, 9.17) is 14.6 Å². The summed E-state index contributed by atoms with van der Waals surface area (Å²) in [4.78, 5) is 12.3. The maximum Gasteiger partial charge on any atom is 0.290 e. The molecule has 100 valence electrons. The Morgan fingerprint density at radius 1 is 1.32 bits per heavy atom. The van der Waals surface area contributed by atoms with E-state index >= 15 is 0 Å². The van der Waals surface area contributed by atoms with Gasteiger partial charge in [-0.25, -0.2) is 4.39 Å². The lowest BCUT2D eigenvalue weighted by Gasteiger charge is -2.08. The minimum atomic E-state index is -0.372. The molecule has 0 saturated heterocycles. The van der Waals surface area contributed by atoms with Crippen molar-refractivity contribution in [2.75, 3.05) is 0 Å². The first-order valence-electron chi connectivity index (χ1n) is 5.54. The lowest BCUT2D eigenvalue weighted by Crippen LogP contribution is -2.00. The van der Waals surface area contributed by atoms with Crippen molar-refractivity contribution >= 4 is 6.47 Å². The van der Waals surface area contributed by atoms with Crippen LogP contribution in [-0.2, 0) is 11.4 Å². The van der Waals surface area contributed by atoms with Gasteiger partial charge in [0.05, 0.1) is 5.69 Å². The van der Waals surface area contributed by atoms with Gasteiger partial charge in [-0.3, -0.25) is 9.78 Å². The molecule has 2 rings (SSSR count). The number of halogens is 1. The van der Waals surface area contributed by atoms with Gasteiger partial charge < -0.3 is 9.84 Å². The number of carboxylic acid groups (broad SMARTS) is 1. The molecule has 1 aromatic carbocycles. The Balaban J connectivity index is 0.000000550. The van der Waals surface area contributed by atoms with Gasteiger partial charge in [-0.1, -0.05) is 30.3 Å². The Labute approximate surface area is 110 Å². The summed E-state index contributed by atoms with van der Waals surface area (Å²) in [7, 11) is 0. The minimum Gasteiger partial charge on any atom is -0.484 e. The lowest BCUT2D eigenvalue weighted by molar-refractivity contribution is -0.122. The highest BCUT2D eigenvalue weighted by Crippen LogP contribution is 2.20. The second-order valence-electron chi connectivity index (χ2n) is 3.59. The quantitative estimate of drug-likeness (QED) is 0.865. The van der Waals surface area contributed by atoms with E-state index in [0.717, 1.165) is 5.56 Å². The number of benzene rings is 1. The molecule has 5 heteroatoms. The standard InChI is InChI=1S/C13H12FNO.CH2O2/c1-10-13(12(14)7-8-15-10)16-9-11-5-3-2-4-6-11;2-1-3/h2-8H,9H2,1H3;1H,(H,2,3). The van der Waals surface area contributed by atoms with Crippen LogP contribution in [0.15, 0.2) is 42.6 Å². The average molecular weight is 263 g/mol. The van der Waals surface area contributed by atoms with Crippen LogP contribution < -0.4 is 4.74 Å². The molecular weight excluding hydrogens is 249 g/mol. The number of carbonyl (C=O) groups is 1. The maximum atomic E-state index is 13.4. The fourth-order valence-corrected chi connectivity index (χ4v) is 1.42. The highest BCUT2D eigenvalue weighted by atomic mass is 19.1. The van der Waals surface area contributed by atoms with Gasteiger partial charge in [0.25, 0.3) is 6.47 Å². The largest absolute Gasteiger partial charge is 0.484 e. The van der Waals surface area contributed by atoms with Crippen LogP contribution >= 0.6 is 0 Å². The third-order valence-corrected chi connectivity index (χ3v) is 2.26. The van der Waals surface area contributed by atoms with Gasteiger partial charge in [-0.2, -0.15) is 0 Å². The topological polar surface area (TPSA) is 59.4 Å². The van der Waals surface area contributed by atoms with E-state index in [-0.39, 0.29) is 18.0 Å². The van der Waals surface area contributed by atoms with Crippen molar-refractivity contribution in [1.82, 2.24) is 4.98 Å². The molecule has 1 aromatic heterocycles. The molecule has 19 heavy (non-hydrogen) atoms. The third kappa shape index (κ3) is 4.75. The molecule has 0 fully saturated rings. The predicted octanol–water partition coefficient (Wildman–Crippen LogP) is 2.81. The van der Waals surface area contributed by atoms with E-state index in [9.17, 15) is 4.39 Å². The van der Waals surface area contributed by atoms with Crippen molar-refractivity contribution in [3.05, 3.63) is 59.7 Å². The summed E-state index contributed by atoms with van der Waals surface area (Å²) in [5, 5.41) is 6.89. The van der Waals surface area contributed by atoms with Crippen molar-refractivity contribution in [2.45, 2.75) is 13.5 Å². The molecule has 0 saturated carbocycles.